The Bertz CT molecular complexity index is 995. The van der Waals surface area contributed by atoms with Crippen molar-refractivity contribution >= 4 is 18.2 Å². The van der Waals surface area contributed by atoms with Crippen LogP contribution in [0.2, 0.25) is 0 Å². The second-order valence-electron chi connectivity index (χ2n) is 11.4. The van der Waals surface area contributed by atoms with Gasteiger partial charge in [-0.05, 0) is 71.6 Å². The molecule has 1 atom stereocenters. The minimum absolute atomic E-state index is 0.0370. The Kier molecular flexibility index (Phi) is 31.3. The summed E-state index contributed by atoms with van der Waals surface area (Å²) >= 11 is 0. The summed E-state index contributed by atoms with van der Waals surface area (Å²) in [6.07, 6.45) is 4.02. The van der Waals surface area contributed by atoms with E-state index in [-0.39, 0.29) is 24.0 Å². The van der Waals surface area contributed by atoms with Gasteiger partial charge < -0.3 is 25.6 Å². The first-order chi connectivity index (χ1) is 21.2. The van der Waals surface area contributed by atoms with Crippen molar-refractivity contribution in [2.75, 3.05) is 33.7 Å². The molecule has 0 bridgehead atoms. The molecule has 258 valence electrons. The summed E-state index contributed by atoms with van der Waals surface area (Å²) in [5.74, 6) is 1.50. The molecule has 3 amide bonds. The van der Waals surface area contributed by atoms with Gasteiger partial charge in [0.2, 0.25) is 18.2 Å². The lowest BCUT2D eigenvalue weighted by atomic mass is 10.0. The third-order valence-corrected chi connectivity index (χ3v) is 5.59. The van der Waals surface area contributed by atoms with E-state index in [2.05, 4.69) is 81.8 Å². The quantitative estimate of drug-likeness (QED) is 0.179. The molecule has 2 aromatic rings. The van der Waals surface area contributed by atoms with Gasteiger partial charge in [0, 0.05) is 34.1 Å². The van der Waals surface area contributed by atoms with Crippen molar-refractivity contribution in [2.24, 2.45) is 5.92 Å². The molecule has 1 unspecified atom stereocenters. The van der Waals surface area contributed by atoms with Crippen molar-refractivity contribution in [1.29, 1.82) is 0 Å². The minimum Gasteiger partial charge on any atom is -0.491 e. The van der Waals surface area contributed by atoms with Crippen LogP contribution in [-0.4, -0.2) is 69.0 Å². The highest BCUT2D eigenvalue weighted by molar-refractivity contribution is 5.81. The number of nitrogens with zero attached hydrogens (tertiary/aromatic N) is 1. The number of carbonyl (C=O) groups is 3. The number of likely N-dealkylation sites (N-methyl/N-ethyl adjacent to an activating group) is 2. The summed E-state index contributed by atoms with van der Waals surface area (Å²) in [4.78, 5) is 33.2. The Morgan fingerprint density at radius 2 is 1.47 bits per heavy atom. The molecule has 0 radical (unpaired) electrons. The van der Waals surface area contributed by atoms with Crippen molar-refractivity contribution in [3.05, 3.63) is 65.2 Å². The second-order valence-corrected chi connectivity index (χ2v) is 11.4. The van der Waals surface area contributed by atoms with Crippen molar-refractivity contribution in [3.8, 4) is 5.75 Å². The third-order valence-electron chi connectivity index (χ3n) is 5.59. The van der Waals surface area contributed by atoms with Gasteiger partial charge in [0.25, 0.3) is 0 Å². The van der Waals surface area contributed by atoms with E-state index in [1.165, 1.54) is 30.0 Å². The Hall–Kier alpha value is -3.39. The Morgan fingerprint density at radius 1 is 0.889 bits per heavy atom. The lowest BCUT2D eigenvalue weighted by Gasteiger charge is -2.24. The molecule has 0 saturated heterocycles. The molecule has 0 aliphatic rings. The van der Waals surface area contributed by atoms with Crippen LogP contribution in [0.5, 0.6) is 5.75 Å². The van der Waals surface area contributed by atoms with Crippen molar-refractivity contribution in [2.45, 2.75) is 108 Å². The maximum absolute atomic E-state index is 11.5. The van der Waals surface area contributed by atoms with Gasteiger partial charge in [-0.1, -0.05) is 94.6 Å². The Balaban J connectivity index is -0.000000546. The first-order valence-corrected chi connectivity index (χ1v) is 16.4. The fourth-order valence-electron chi connectivity index (χ4n) is 3.60. The summed E-state index contributed by atoms with van der Waals surface area (Å²) < 4.78 is 5.77. The molecule has 2 aromatic carbocycles. The summed E-state index contributed by atoms with van der Waals surface area (Å²) in [6, 6.07) is 16.5. The molecular weight excluding hydrogens is 564 g/mol. The van der Waals surface area contributed by atoms with E-state index in [1.54, 1.807) is 19.0 Å². The molecule has 0 aliphatic carbocycles. The molecule has 0 saturated carbocycles. The van der Waals surface area contributed by atoms with Gasteiger partial charge >= 0.3 is 0 Å². The highest BCUT2D eigenvalue weighted by Crippen LogP contribution is 2.22. The maximum atomic E-state index is 11.5. The number of nitrogens with one attached hydrogen (secondary N) is 3. The monoisotopic (exact) mass is 631 g/mol. The van der Waals surface area contributed by atoms with E-state index in [9.17, 15) is 14.4 Å². The number of aryl methyl sites for hydroxylation is 3. The molecule has 8 nitrogen and oxygen atoms in total. The van der Waals surface area contributed by atoms with Crippen molar-refractivity contribution in [3.63, 3.8) is 0 Å². The average molecular weight is 631 g/mol. The molecule has 0 spiro atoms. The number of ether oxygens (including phenoxy) is 1. The number of benzene rings is 2. The number of amides is 3. The molecule has 8 heteroatoms. The zero-order valence-electron chi connectivity index (χ0n) is 30.8. The molecule has 3 N–H and O–H groups in total. The van der Waals surface area contributed by atoms with E-state index in [4.69, 9.17) is 4.74 Å². The molecule has 0 aliphatic heterocycles. The van der Waals surface area contributed by atoms with Gasteiger partial charge in [-0.15, -0.1) is 0 Å². The maximum Gasteiger partial charge on any atom is 0.239 e. The molecule has 0 heterocycles. The first-order valence-electron chi connectivity index (χ1n) is 16.4. The van der Waals surface area contributed by atoms with E-state index in [0.717, 1.165) is 38.1 Å². The number of carbonyl (C=O) groups excluding carboxylic acids is 3. The molecular formula is C37H66N4O4. The SMILES string of the molecule is CCC.CCNC(C(=O)N(C)C)C(C)C.CCNC(C)=O.Cc1ccc(OC(C)C)c(CCCNC=O)c1.Cc1ccccc1. The van der Waals surface area contributed by atoms with Gasteiger partial charge in [-0.3, -0.25) is 14.4 Å². The lowest BCUT2D eigenvalue weighted by molar-refractivity contribution is -0.132. The van der Waals surface area contributed by atoms with Crippen LogP contribution in [0.25, 0.3) is 0 Å². The summed E-state index contributed by atoms with van der Waals surface area (Å²) in [5, 5.41) is 8.41. The Morgan fingerprint density at radius 3 is 1.82 bits per heavy atom. The fourth-order valence-corrected chi connectivity index (χ4v) is 3.60. The standard InChI is InChI=1S/C14H21NO2.C9H20N2O.C7H8.C4H9NO.C3H8/c1-11(2)17-14-7-6-12(3)9-13(14)5-4-8-15-10-16;1-6-10-8(7(2)3)9(12)11(4)5;1-7-5-3-2-4-6-7;1-3-5-4(2)6;1-3-2/h6-7,9-11H,4-5,8H2,1-3H3,(H,15,16);7-8,10H,6H2,1-5H3;2-6H,1H3;3H2,1-2H3,(H,5,6);3H2,1-2H3. The summed E-state index contributed by atoms with van der Waals surface area (Å²) in [6.45, 7) is 24.2. The molecule has 0 fully saturated rings. The van der Waals surface area contributed by atoms with Crippen LogP contribution in [0.1, 0.15) is 91.8 Å². The van der Waals surface area contributed by atoms with Gasteiger partial charge in [0.15, 0.2) is 0 Å². The van der Waals surface area contributed by atoms with Crippen molar-refractivity contribution < 1.29 is 19.1 Å². The van der Waals surface area contributed by atoms with Crippen LogP contribution in [0.15, 0.2) is 48.5 Å². The number of hydrogen-bond donors (Lipinski definition) is 3. The predicted octanol–water partition coefficient (Wildman–Crippen LogP) is 6.72. The topological polar surface area (TPSA) is 99.8 Å². The van der Waals surface area contributed by atoms with E-state index < -0.39 is 0 Å². The van der Waals surface area contributed by atoms with Crippen LogP contribution >= 0.6 is 0 Å². The van der Waals surface area contributed by atoms with Crippen LogP contribution in [0.3, 0.4) is 0 Å². The average Bonchev–Trinajstić information content (AvgIpc) is 2.96. The molecule has 0 aromatic heterocycles. The van der Waals surface area contributed by atoms with Crippen LogP contribution < -0.4 is 20.7 Å². The number of rotatable bonds is 12. The lowest BCUT2D eigenvalue weighted by Crippen LogP contribution is -2.46. The van der Waals surface area contributed by atoms with E-state index >= 15 is 0 Å². The van der Waals surface area contributed by atoms with Crippen LogP contribution in [0, 0.1) is 19.8 Å². The van der Waals surface area contributed by atoms with Crippen molar-refractivity contribution in [1.82, 2.24) is 20.9 Å². The highest BCUT2D eigenvalue weighted by atomic mass is 16.5. The largest absolute Gasteiger partial charge is 0.491 e. The highest BCUT2D eigenvalue weighted by Gasteiger charge is 2.21. The smallest absolute Gasteiger partial charge is 0.239 e. The van der Waals surface area contributed by atoms with Gasteiger partial charge in [0.05, 0.1) is 12.1 Å². The first kappa shape index (κ1) is 46.0. The van der Waals surface area contributed by atoms with E-state index in [1.807, 2.05) is 52.0 Å². The summed E-state index contributed by atoms with van der Waals surface area (Å²) in [5.41, 5.74) is 3.77. The Labute approximate surface area is 276 Å². The van der Waals surface area contributed by atoms with Gasteiger partial charge in [-0.2, -0.15) is 0 Å². The molecule has 2 rings (SSSR count). The van der Waals surface area contributed by atoms with Gasteiger partial charge in [0.1, 0.15) is 5.75 Å². The number of hydrogen-bond acceptors (Lipinski definition) is 5. The fraction of sp³-hybridized carbons (Fsp3) is 0.595. The van der Waals surface area contributed by atoms with E-state index in [0.29, 0.717) is 12.5 Å². The zero-order chi connectivity index (χ0) is 35.2. The van der Waals surface area contributed by atoms with Gasteiger partial charge in [-0.25, -0.2) is 0 Å². The minimum atomic E-state index is -0.0370. The summed E-state index contributed by atoms with van der Waals surface area (Å²) in [7, 11) is 3.57. The zero-order valence-corrected chi connectivity index (χ0v) is 30.8. The third kappa shape index (κ3) is 29.1. The van der Waals surface area contributed by atoms with Crippen LogP contribution in [0.4, 0.5) is 0 Å². The molecule has 45 heavy (non-hydrogen) atoms. The normalized spacial score (nSPS) is 10.2. The predicted molar refractivity (Wildman–Crippen MR) is 192 cm³/mol. The van der Waals surface area contributed by atoms with Crippen LogP contribution in [-0.2, 0) is 20.8 Å². The second kappa shape index (κ2) is 30.6.